The number of carbonyl (C=O) groups excluding carboxylic acids is 2. The molecule has 6 nitrogen and oxygen atoms in total. The van der Waals surface area contributed by atoms with Gasteiger partial charge in [-0.3, -0.25) is 9.59 Å². The molecule has 0 unspecified atom stereocenters. The van der Waals surface area contributed by atoms with Gasteiger partial charge >= 0.3 is 0 Å². The van der Waals surface area contributed by atoms with Gasteiger partial charge in [-0.05, 0) is 30.5 Å². The van der Waals surface area contributed by atoms with Crippen molar-refractivity contribution in [2.24, 2.45) is 0 Å². The molecule has 2 rings (SSSR count). The van der Waals surface area contributed by atoms with Crippen molar-refractivity contribution >= 4 is 17.5 Å². The van der Waals surface area contributed by atoms with Crippen LogP contribution in [0.4, 0.5) is 5.69 Å². The molecule has 1 aliphatic rings. The van der Waals surface area contributed by atoms with Crippen molar-refractivity contribution in [2.75, 3.05) is 39.1 Å². The minimum atomic E-state index is -0.146. The van der Waals surface area contributed by atoms with Crippen LogP contribution in [0, 0.1) is 0 Å². The lowest BCUT2D eigenvalue weighted by Crippen LogP contribution is -2.44. The number of nitrogen functional groups attached to an aromatic ring is 1. The summed E-state index contributed by atoms with van der Waals surface area (Å²) >= 11 is 0. The van der Waals surface area contributed by atoms with E-state index in [0.717, 1.165) is 18.4 Å². The first-order valence-electron chi connectivity index (χ1n) is 7.05. The minimum Gasteiger partial charge on any atom is -0.399 e. The fraction of sp³-hybridized carbons (Fsp3) is 0.467. The largest absolute Gasteiger partial charge is 0.399 e. The summed E-state index contributed by atoms with van der Waals surface area (Å²) in [7, 11) is 1.62. The molecular weight excluding hydrogens is 270 g/mol. The first-order valence-corrected chi connectivity index (χ1v) is 7.05. The van der Waals surface area contributed by atoms with E-state index in [9.17, 15) is 9.59 Å². The molecule has 0 spiro atoms. The van der Waals surface area contributed by atoms with E-state index < -0.39 is 0 Å². The number of rotatable bonds is 6. The molecule has 0 atom stereocenters. The number of nitrogens with one attached hydrogen (secondary N) is 1. The number of nitrogens with zero attached hydrogens (tertiary/aromatic N) is 1. The van der Waals surface area contributed by atoms with E-state index in [1.165, 1.54) is 0 Å². The second kappa shape index (κ2) is 7.08. The number of anilines is 1. The zero-order chi connectivity index (χ0) is 15.2. The topological polar surface area (TPSA) is 84.7 Å². The van der Waals surface area contributed by atoms with Gasteiger partial charge in [0, 0.05) is 38.1 Å². The van der Waals surface area contributed by atoms with Gasteiger partial charge in [0.05, 0.1) is 6.54 Å². The van der Waals surface area contributed by atoms with Crippen LogP contribution in [0.1, 0.15) is 22.3 Å². The maximum atomic E-state index is 12.4. The zero-order valence-corrected chi connectivity index (χ0v) is 12.2. The quantitative estimate of drug-likeness (QED) is 0.587. The van der Waals surface area contributed by atoms with Gasteiger partial charge in [0.1, 0.15) is 0 Å². The Morgan fingerprint density at radius 2 is 2.29 bits per heavy atom. The molecule has 1 aromatic carbocycles. The van der Waals surface area contributed by atoms with Gasteiger partial charge in [-0.15, -0.1) is 0 Å². The third kappa shape index (κ3) is 3.95. The molecule has 21 heavy (non-hydrogen) atoms. The van der Waals surface area contributed by atoms with Crippen LogP contribution in [0.3, 0.4) is 0 Å². The maximum absolute atomic E-state index is 12.4. The van der Waals surface area contributed by atoms with Crippen LogP contribution < -0.4 is 11.1 Å². The highest BCUT2D eigenvalue weighted by atomic mass is 16.5. The van der Waals surface area contributed by atoms with Crippen LogP contribution in [-0.2, 0) is 16.0 Å². The number of fused-ring (bicyclic) bond motifs is 1. The fourth-order valence-corrected chi connectivity index (χ4v) is 2.36. The number of hydrogen-bond acceptors (Lipinski definition) is 4. The van der Waals surface area contributed by atoms with Crippen molar-refractivity contribution in [3.8, 4) is 0 Å². The Hall–Kier alpha value is -2.08. The minimum absolute atomic E-state index is 0.0834. The summed E-state index contributed by atoms with van der Waals surface area (Å²) in [6.07, 6.45) is 1.51. The lowest BCUT2D eigenvalue weighted by Gasteiger charge is -2.28. The molecule has 2 amide bonds. The molecule has 0 bridgehead atoms. The molecule has 0 saturated heterocycles. The summed E-state index contributed by atoms with van der Waals surface area (Å²) in [5.41, 5.74) is 7.88. The molecule has 0 aliphatic carbocycles. The zero-order valence-electron chi connectivity index (χ0n) is 12.2. The molecule has 1 aromatic rings. The van der Waals surface area contributed by atoms with Gasteiger partial charge in [0.2, 0.25) is 5.91 Å². The second-order valence-electron chi connectivity index (χ2n) is 5.09. The lowest BCUT2D eigenvalue weighted by atomic mass is 9.98. The average molecular weight is 291 g/mol. The Morgan fingerprint density at radius 3 is 3.05 bits per heavy atom. The van der Waals surface area contributed by atoms with Crippen LogP contribution in [-0.4, -0.2) is 50.1 Å². The van der Waals surface area contributed by atoms with Gasteiger partial charge in [-0.25, -0.2) is 0 Å². The highest BCUT2D eigenvalue weighted by Gasteiger charge is 2.25. The number of nitrogens with two attached hydrogens (primary N) is 1. The molecule has 0 aromatic heterocycles. The maximum Gasteiger partial charge on any atom is 0.254 e. The normalized spacial score (nSPS) is 14.0. The summed E-state index contributed by atoms with van der Waals surface area (Å²) < 4.78 is 4.91. The summed E-state index contributed by atoms with van der Waals surface area (Å²) in [6.45, 7) is 1.80. The van der Waals surface area contributed by atoms with Gasteiger partial charge in [0.25, 0.3) is 5.91 Å². The van der Waals surface area contributed by atoms with Gasteiger partial charge in [-0.2, -0.15) is 0 Å². The van der Waals surface area contributed by atoms with Crippen LogP contribution in [0.2, 0.25) is 0 Å². The fourth-order valence-electron chi connectivity index (χ4n) is 2.36. The third-order valence-electron chi connectivity index (χ3n) is 3.48. The first kappa shape index (κ1) is 15.3. The van der Waals surface area contributed by atoms with Crippen LogP contribution in [0.25, 0.3) is 0 Å². The van der Waals surface area contributed by atoms with E-state index in [4.69, 9.17) is 10.5 Å². The molecule has 1 aliphatic heterocycles. The van der Waals surface area contributed by atoms with E-state index in [1.54, 1.807) is 24.1 Å². The van der Waals surface area contributed by atoms with Crippen molar-refractivity contribution < 1.29 is 14.3 Å². The van der Waals surface area contributed by atoms with E-state index in [0.29, 0.717) is 30.9 Å². The Balaban J connectivity index is 1.91. The van der Waals surface area contributed by atoms with E-state index in [-0.39, 0.29) is 18.4 Å². The number of amides is 2. The van der Waals surface area contributed by atoms with E-state index in [1.807, 2.05) is 6.07 Å². The van der Waals surface area contributed by atoms with Crippen LogP contribution in [0.15, 0.2) is 18.2 Å². The van der Waals surface area contributed by atoms with Crippen molar-refractivity contribution in [3.05, 3.63) is 29.3 Å². The molecule has 0 radical (unpaired) electrons. The number of ether oxygens (including phenoxy) is 1. The molecule has 114 valence electrons. The number of methoxy groups -OCH3 is 1. The summed E-state index contributed by atoms with van der Waals surface area (Å²) in [6, 6.07) is 5.36. The smallest absolute Gasteiger partial charge is 0.254 e. The van der Waals surface area contributed by atoms with Gasteiger partial charge in [0.15, 0.2) is 0 Å². The number of benzene rings is 1. The Kier molecular flexibility index (Phi) is 5.16. The number of carbonyl (C=O) groups is 2. The second-order valence-corrected chi connectivity index (χ2v) is 5.09. The molecule has 6 heteroatoms. The first-order chi connectivity index (χ1) is 10.1. The monoisotopic (exact) mass is 291 g/mol. The standard InChI is InChI=1S/C15H21N3O3/c1-21-8-2-6-17-14(19)10-18-7-5-11-3-4-12(16)9-13(11)15(18)20/h3-4,9H,2,5-8,10,16H2,1H3,(H,17,19). The SMILES string of the molecule is COCCCNC(=O)CN1CCc2ccc(N)cc2C1=O. The Labute approximate surface area is 124 Å². The summed E-state index contributed by atoms with van der Waals surface area (Å²) in [5, 5.41) is 2.78. The third-order valence-corrected chi connectivity index (χ3v) is 3.48. The van der Waals surface area contributed by atoms with Crippen molar-refractivity contribution in [3.63, 3.8) is 0 Å². The Bertz CT molecular complexity index is 531. The van der Waals surface area contributed by atoms with Crippen molar-refractivity contribution in [1.29, 1.82) is 0 Å². The lowest BCUT2D eigenvalue weighted by molar-refractivity contribution is -0.121. The highest BCUT2D eigenvalue weighted by molar-refractivity contribution is 5.99. The van der Waals surface area contributed by atoms with E-state index in [2.05, 4.69) is 5.32 Å². The molecular formula is C15H21N3O3. The highest BCUT2D eigenvalue weighted by Crippen LogP contribution is 2.21. The predicted molar refractivity (Wildman–Crippen MR) is 80.0 cm³/mol. The van der Waals surface area contributed by atoms with Crippen molar-refractivity contribution in [1.82, 2.24) is 10.2 Å². The number of hydrogen-bond donors (Lipinski definition) is 2. The van der Waals surface area contributed by atoms with Gasteiger partial charge < -0.3 is 20.7 Å². The molecule has 3 N–H and O–H groups in total. The van der Waals surface area contributed by atoms with Crippen LogP contribution in [0.5, 0.6) is 0 Å². The molecule has 0 saturated carbocycles. The molecule has 1 heterocycles. The summed E-state index contributed by atoms with van der Waals surface area (Å²) in [5.74, 6) is -0.276. The average Bonchev–Trinajstić information content (AvgIpc) is 2.47. The van der Waals surface area contributed by atoms with Gasteiger partial charge in [-0.1, -0.05) is 6.07 Å². The van der Waals surface area contributed by atoms with E-state index >= 15 is 0 Å². The van der Waals surface area contributed by atoms with Crippen molar-refractivity contribution in [2.45, 2.75) is 12.8 Å². The molecule has 0 fully saturated rings. The predicted octanol–water partition coefficient (Wildman–Crippen LogP) is 0.420. The Morgan fingerprint density at radius 1 is 1.48 bits per heavy atom. The van der Waals surface area contributed by atoms with Crippen LogP contribution >= 0.6 is 0 Å². The summed E-state index contributed by atoms with van der Waals surface area (Å²) in [4.78, 5) is 25.7.